The van der Waals surface area contributed by atoms with E-state index in [4.69, 9.17) is 5.10 Å². The summed E-state index contributed by atoms with van der Waals surface area (Å²) in [5.41, 5.74) is 5.44. The number of benzene rings is 2. The summed E-state index contributed by atoms with van der Waals surface area (Å²) in [6.07, 6.45) is 2.36. The average molecular weight is 585 g/mol. The molecule has 0 spiro atoms. The first-order valence-electron chi connectivity index (χ1n) is 12.0. The van der Waals surface area contributed by atoms with E-state index in [2.05, 4.69) is 67.4 Å². The minimum absolute atomic E-state index is 0.0803. The predicted molar refractivity (Wildman–Crippen MR) is 151 cm³/mol. The molecule has 0 bridgehead atoms. The van der Waals surface area contributed by atoms with E-state index in [0.29, 0.717) is 28.6 Å². The molecule has 0 saturated carbocycles. The molecule has 0 saturated heterocycles. The molecule has 6 rings (SSSR count). The van der Waals surface area contributed by atoms with Crippen LogP contribution in [0.1, 0.15) is 29.2 Å². The van der Waals surface area contributed by atoms with Crippen LogP contribution >= 0.6 is 27.7 Å². The van der Waals surface area contributed by atoms with E-state index in [1.54, 1.807) is 15.7 Å². The Hall–Kier alpha value is -3.89. The van der Waals surface area contributed by atoms with Gasteiger partial charge in [-0.2, -0.15) is 14.7 Å². The highest BCUT2D eigenvalue weighted by Crippen LogP contribution is 2.34. The van der Waals surface area contributed by atoms with Gasteiger partial charge in [0.1, 0.15) is 10.7 Å². The zero-order valence-electron chi connectivity index (χ0n) is 20.4. The number of fused-ring (bicyclic) bond motifs is 1. The molecular formula is C28H22BrN7OS. The van der Waals surface area contributed by atoms with Crippen molar-refractivity contribution in [2.45, 2.75) is 24.4 Å². The fourth-order valence-corrected chi connectivity index (χ4v) is 5.28. The Balaban J connectivity index is 1.25. The van der Waals surface area contributed by atoms with Crippen LogP contribution in [0.25, 0.3) is 17.2 Å². The number of rotatable bonds is 6. The number of thioether (sulfide) groups is 1. The lowest BCUT2D eigenvalue weighted by Crippen LogP contribution is -2.28. The number of nitrogens with zero attached hydrogens (tertiary/aromatic N) is 7. The lowest BCUT2D eigenvalue weighted by Gasteiger charge is -2.22. The molecule has 0 radical (unpaired) electrons. The number of hydrogen-bond acceptors (Lipinski definition) is 7. The molecule has 5 aromatic rings. The zero-order valence-corrected chi connectivity index (χ0v) is 22.8. The lowest BCUT2D eigenvalue weighted by atomic mass is 9.98. The second-order valence-corrected chi connectivity index (χ2v) is 10.8. The summed E-state index contributed by atoms with van der Waals surface area (Å²) in [6.45, 7) is 2.06. The average Bonchev–Trinajstić information content (AvgIpc) is 3.58. The van der Waals surface area contributed by atoms with Crippen LogP contribution in [-0.4, -0.2) is 47.2 Å². The van der Waals surface area contributed by atoms with Crippen molar-refractivity contribution in [3.8, 4) is 11.5 Å². The van der Waals surface area contributed by atoms with Gasteiger partial charge in [-0.3, -0.25) is 9.78 Å². The maximum absolute atomic E-state index is 13.5. The molecule has 188 valence electrons. The third-order valence-corrected chi connectivity index (χ3v) is 7.71. The van der Waals surface area contributed by atoms with Crippen molar-refractivity contribution in [3.63, 3.8) is 0 Å². The molecule has 1 aliphatic rings. The van der Waals surface area contributed by atoms with Crippen LogP contribution in [0.3, 0.4) is 0 Å². The van der Waals surface area contributed by atoms with Crippen molar-refractivity contribution in [1.29, 1.82) is 0 Å². The van der Waals surface area contributed by atoms with E-state index < -0.39 is 0 Å². The van der Waals surface area contributed by atoms with E-state index in [9.17, 15) is 4.79 Å². The normalized spacial score (nSPS) is 15.2. The Bertz CT molecular complexity index is 1640. The van der Waals surface area contributed by atoms with Gasteiger partial charge in [0.05, 0.1) is 17.5 Å². The maximum Gasteiger partial charge on any atom is 0.253 e. The van der Waals surface area contributed by atoms with Gasteiger partial charge in [0.25, 0.3) is 5.91 Å². The van der Waals surface area contributed by atoms with Crippen molar-refractivity contribution in [2.75, 3.05) is 5.75 Å². The Morgan fingerprint density at radius 3 is 2.58 bits per heavy atom. The number of hydrogen-bond donors (Lipinski definition) is 0. The SMILES string of the molecule is Cc1ccc(C2CC(c3ccc(Br)cc3)=NN2C(=O)CSc2ccc3nnc(-c4ccccn4)n3n2)cc1. The lowest BCUT2D eigenvalue weighted by molar-refractivity contribution is -0.130. The molecule has 2 aromatic carbocycles. The van der Waals surface area contributed by atoms with E-state index in [-0.39, 0.29) is 17.7 Å². The summed E-state index contributed by atoms with van der Waals surface area (Å²) in [5, 5.41) is 20.2. The molecule has 0 aliphatic carbocycles. The first-order chi connectivity index (χ1) is 18.5. The minimum atomic E-state index is -0.161. The molecule has 1 amide bonds. The van der Waals surface area contributed by atoms with Gasteiger partial charge in [-0.05, 0) is 54.4 Å². The minimum Gasteiger partial charge on any atom is -0.272 e. The van der Waals surface area contributed by atoms with Crippen LogP contribution in [0.2, 0.25) is 0 Å². The van der Waals surface area contributed by atoms with Crippen LogP contribution in [-0.2, 0) is 4.79 Å². The molecule has 3 aromatic heterocycles. The highest BCUT2D eigenvalue weighted by molar-refractivity contribution is 9.10. The highest BCUT2D eigenvalue weighted by Gasteiger charge is 2.33. The van der Waals surface area contributed by atoms with Gasteiger partial charge >= 0.3 is 0 Å². The molecule has 10 heteroatoms. The summed E-state index contributed by atoms with van der Waals surface area (Å²) < 4.78 is 2.66. The molecule has 1 unspecified atom stereocenters. The van der Waals surface area contributed by atoms with Gasteiger partial charge in [0, 0.05) is 17.1 Å². The third kappa shape index (κ3) is 4.97. The van der Waals surface area contributed by atoms with Gasteiger partial charge in [0.2, 0.25) is 5.82 Å². The molecule has 4 heterocycles. The molecule has 1 atom stereocenters. The Kier molecular flexibility index (Phi) is 6.73. The van der Waals surface area contributed by atoms with Gasteiger partial charge < -0.3 is 0 Å². The summed E-state index contributed by atoms with van der Waals surface area (Å²) >= 11 is 4.85. The number of amides is 1. The number of aromatic nitrogens is 5. The second-order valence-electron chi connectivity index (χ2n) is 8.89. The van der Waals surface area contributed by atoms with Crippen molar-refractivity contribution in [1.82, 2.24) is 29.8 Å². The number of pyridine rings is 1. The highest BCUT2D eigenvalue weighted by atomic mass is 79.9. The number of carbonyl (C=O) groups excluding carboxylic acids is 1. The van der Waals surface area contributed by atoms with Crippen LogP contribution < -0.4 is 0 Å². The Morgan fingerprint density at radius 2 is 1.82 bits per heavy atom. The van der Waals surface area contributed by atoms with Crippen LogP contribution in [0.4, 0.5) is 0 Å². The number of aryl methyl sites for hydroxylation is 1. The van der Waals surface area contributed by atoms with Crippen LogP contribution in [0.5, 0.6) is 0 Å². The van der Waals surface area contributed by atoms with Gasteiger partial charge in [0.15, 0.2) is 5.65 Å². The standard InChI is InChI=1S/C28H22BrN7OS/c1-18-5-7-20(8-6-18)24-16-23(19-9-11-21(29)12-10-19)33-35(24)27(37)17-38-26-14-13-25-31-32-28(36(25)34-26)22-4-2-3-15-30-22/h2-15,24H,16-17H2,1H3. The number of halogens is 1. The second kappa shape index (κ2) is 10.5. The van der Waals surface area contributed by atoms with Gasteiger partial charge in [-0.25, -0.2) is 5.01 Å². The quantitative estimate of drug-likeness (QED) is 0.237. The summed E-state index contributed by atoms with van der Waals surface area (Å²) in [6, 6.07) is 25.5. The summed E-state index contributed by atoms with van der Waals surface area (Å²) in [4.78, 5) is 17.9. The summed E-state index contributed by atoms with van der Waals surface area (Å²) in [5.74, 6) is 0.666. The van der Waals surface area contributed by atoms with Crippen molar-refractivity contribution >= 4 is 45.0 Å². The smallest absolute Gasteiger partial charge is 0.253 e. The maximum atomic E-state index is 13.5. The molecule has 0 N–H and O–H groups in total. The van der Waals surface area contributed by atoms with Gasteiger partial charge in [-0.15, -0.1) is 10.2 Å². The number of carbonyl (C=O) groups is 1. The Morgan fingerprint density at radius 1 is 1.00 bits per heavy atom. The number of hydrazone groups is 1. The molecule has 8 nitrogen and oxygen atoms in total. The van der Waals surface area contributed by atoms with Gasteiger partial charge in [-0.1, -0.05) is 75.7 Å². The van der Waals surface area contributed by atoms with Crippen LogP contribution in [0, 0.1) is 6.92 Å². The fraction of sp³-hybridized carbons (Fsp3) is 0.143. The Labute approximate surface area is 231 Å². The predicted octanol–water partition coefficient (Wildman–Crippen LogP) is 5.73. The fourth-order valence-electron chi connectivity index (χ4n) is 4.31. The van der Waals surface area contributed by atoms with Crippen LogP contribution in [0.15, 0.2) is 99.7 Å². The first kappa shape index (κ1) is 24.4. The van der Waals surface area contributed by atoms with E-state index in [1.165, 1.54) is 17.3 Å². The largest absolute Gasteiger partial charge is 0.272 e. The third-order valence-electron chi connectivity index (χ3n) is 6.28. The van der Waals surface area contributed by atoms with E-state index in [1.807, 2.05) is 54.6 Å². The summed E-state index contributed by atoms with van der Waals surface area (Å²) in [7, 11) is 0. The van der Waals surface area contributed by atoms with Crippen molar-refractivity contribution in [3.05, 3.63) is 106 Å². The molecule has 38 heavy (non-hydrogen) atoms. The first-order valence-corrected chi connectivity index (χ1v) is 13.8. The van der Waals surface area contributed by atoms with E-state index >= 15 is 0 Å². The molecule has 0 fully saturated rings. The molecule has 1 aliphatic heterocycles. The van der Waals surface area contributed by atoms with Crippen molar-refractivity contribution < 1.29 is 4.79 Å². The topological polar surface area (TPSA) is 88.6 Å². The van der Waals surface area contributed by atoms with E-state index in [0.717, 1.165) is 21.3 Å². The van der Waals surface area contributed by atoms with Crippen molar-refractivity contribution in [2.24, 2.45) is 5.10 Å². The zero-order chi connectivity index (χ0) is 26.1. The molecular weight excluding hydrogens is 562 g/mol. The monoisotopic (exact) mass is 583 g/mol.